The number of aryl methyl sites for hydroxylation is 1. The van der Waals surface area contributed by atoms with Gasteiger partial charge in [-0.2, -0.15) is 5.10 Å². The van der Waals surface area contributed by atoms with Crippen LogP contribution in [-0.2, 0) is 6.54 Å². The molecule has 3 rings (SSSR count). The molecule has 6 nitrogen and oxygen atoms in total. The van der Waals surface area contributed by atoms with Gasteiger partial charge in [0.05, 0.1) is 5.71 Å². The number of benzene rings is 2. The third kappa shape index (κ3) is 4.19. The summed E-state index contributed by atoms with van der Waals surface area (Å²) in [6.45, 7) is 4.56. The lowest BCUT2D eigenvalue weighted by atomic mass is 10.1. The lowest BCUT2D eigenvalue weighted by molar-refractivity contribution is 0.174. The Hall–Kier alpha value is -2.80. The number of nitrogens with one attached hydrogen (secondary N) is 2. The summed E-state index contributed by atoms with van der Waals surface area (Å²) >= 11 is 5.23. The van der Waals surface area contributed by atoms with E-state index in [1.807, 2.05) is 44.2 Å². The molecule has 2 aromatic carbocycles. The minimum absolute atomic E-state index is 0.188. The van der Waals surface area contributed by atoms with Gasteiger partial charge in [0.25, 0.3) is 0 Å². The molecule has 7 heteroatoms. The zero-order valence-corrected chi connectivity index (χ0v) is 14.8. The van der Waals surface area contributed by atoms with Crippen molar-refractivity contribution in [2.45, 2.75) is 20.4 Å². The maximum Gasteiger partial charge on any atom is 0.231 e. The maximum absolute atomic E-state index is 9.92. The van der Waals surface area contributed by atoms with E-state index in [1.54, 1.807) is 6.07 Å². The van der Waals surface area contributed by atoms with Crippen LogP contribution in [0.1, 0.15) is 23.6 Å². The molecule has 0 aliphatic carbocycles. The fourth-order valence-electron chi connectivity index (χ4n) is 2.41. The molecule has 0 saturated heterocycles. The van der Waals surface area contributed by atoms with Gasteiger partial charge in [0.2, 0.25) is 6.79 Å². The number of phenols is 1. The molecule has 1 aliphatic rings. The maximum atomic E-state index is 9.92. The molecule has 25 heavy (non-hydrogen) atoms. The molecular formula is C18H19N3O3S. The zero-order valence-electron chi connectivity index (χ0n) is 14.0. The van der Waals surface area contributed by atoms with Crippen molar-refractivity contribution in [2.24, 2.45) is 5.10 Å². The van der Waals surface area contributed by atoms with Crippen LogP contribution in [0.5, 0.6) is 17.2 Å². The van der Waals surface area contributed by atoms with Crippen LogP contribution in [0.25, 0.3) is 0 Å². The first-order valence-electron chi connectivity index (χ1n) is 7.79. The Morgan fingerprint density at radius 3 is 2.84 bits per heavy atom. The number of fused-ring (bicyclic) bond motifs is 1. The Bertz CT molecular complexity index is 836. The lowest BCUT2D eigenvalue weighted by Crippen LogP contribution is -2.32. The van der Waals surface area contributed by atoms with Gasteiger partial charge >= 0.3 is 0 Å². The molecule has 0 aromatic heterocycles. The van der Waals surface area contributed by atoms with E-state index in [0.717, 1.165) is 22.6 Å². The van der Waals surface area contributed by atoms with E-state index in [0.29, 0.717) is 22.9 Å². The summed E-state index contributed by atoms with van der Waals surface area (Å²) < 4.78 is 10.6. The van der Waals surface area contributed by atoms with E-state index in [2.05, 4.69) is 15.8 Å². The average Bonchev–Trinajstić information content (AvgIpc) is 3.07. The summed E-state index contributed by atoms with van der Waals surface area (Å²) in [6.07, 6.45) is 0. The summed E-state index contributed by atoms with van der Waals surface area (Å²) in [5, 5.41) is 17.6. The van der Waals surface area contributed by atoms with Crippen molar-refractivity contribution in [3.05, 3.63) is 53.1 Å². The molecule has 0 bridgehead atoms. The number of hydrogen-bond donors (Lipinski definition) is 3. The molecule has 0 spiro atoms. The number of nitrogens with zero attached hydrogens (tertiary/aromatic N) is 1. The highest BCUT2D eigenvalue weighted by Gasteiger charge is 2.13. The second-order valence-corrected chi connectivity index (χ2v) is 6.11. The van der Waals surface area contributed by atoms with E-state index >= 15 is 0 Å². The first kappa shape index (κ1) is 17.0. The van der Waals surface area contributed by atoms with Gasteiger partial charge in [-0.05, 0) is 55.9 Å². The Morgan fingerprint density at radius 1 is 1.20 bits per heavy atom. The summed E-state index contributed by atoms with van der Waals surface area (Å²) in [5.41, 5.74) is 6.18. The minimum atomic E-state index is 0.188. The van der Waals surface area contributed by atoms with Crippen molar-refractivity contribution in [3.63, 3.8) is 0 Å². The average molecular weight is 357 g/mol. The smallest absolute Gasteiger partial charge is 0.231 e. The summed E-state index contributed by atoms with van der Waals surface area (Å²) in [5.74, 6) is 1.68. The van der Waals surface area contributed by atoms with Crippen molar-refractivity contribution in [1.82, 2.24) is 10.7 Å². The predicted molar refractivity (Wildman–Crippen MR) is 100 cm³/mol. The van der Waals surface area contributed by atoms with Gasteiger partial charge in [-0.1, -0.05) is 17.7 Å². The number of rotatable bonds is 4. The van der Waals surface area contributed by atoms with Gasteiger partial charge in [-0.15, -0.1) is 0 Å². The lowest BCUT2D eigenvalue weighted by Gasteiger charge is -2.09. The highest BCUT2D eigenvalue weighted by molar-refractivity contribution is 7.80. The summed E-state index contributed by atoms with van der Waals surface area (Å²) in [7, 11) is 0. The van der Waals surface area contributed by atoms with Crippen LogP contribution in [-0.4, -0.2) is 22.7 Å². The largest absolute Gasteiger partial charge is 0.507 e. The Balaban J connectivity index is 1.56. The number of hydrazone groups is 1. The highest BCUT2D eigenvalue weighted by atomic mass is 32.1. The SMILES string of the molecule is C/C(=N\NC(=S)NCc1ccc2c(c1)OCO2)c1cc(C)ccc1O. The first-order valence-corrected chi connectivity index (χ1v) is 8.20. The highest BCUT2D eigenvalue weighted by Crippen LogP contribution is 2.32. The second-order valence-electron chi connectivity index (χ2n) is 5.70. The monoisotopic (exact) mass is 357 g/mol. The van der Waals surface area contributed by atoms with E-state index in [-0.39, 0.29) is 12.5 Å². The minimum Gasteiger partial charge on any atom is -0.507 e. The first-order chi connectivity index (χ1) is 12.0. The molecule has 0 saturated carbocycles. The van der Waals surface area contributed by atoms with Crippen molar-refractivity contribution in [1.29, 1.82) is 0 Å². The van der Waals surface area contributed by atoms with Crippen molar-refractivity contribution in [2.75, 3.05) is 6.79 Å². The second kappa shape index (κ2) is 7.40. The van der Waals surface area contributed by atoms with E-state index in [4.69, 9.17) is 21.7 Å². The fourth-order valence-corrected chi connectivity index (χ4v) is 2.53. The third-order valence-electron chi connectivity index (χ3n) is 3.76. The molecule has 0 fully saturated rings. The Morgan fingerprint density at radius 2 is 2.00 bits per heavy atom. The van der Waals surface area contributed by atoms with Gasteiger partial charge < -0.3 is 19.9 Å². The molecule has 1 aliphatic heterocycles. The van der Waals surface area contributed by atoms with Crippen LogP contribution in [0, 0.1) is 6.92 Å². The Labute approximate surface area is 151 Å². The summed E-state index contributed by atoms with van der Waals surface area (Å²) in [6, 6.07) is 11.1. The standard InChI is InChI=1S/C18H19N3O3S/c1-11-3-5-15(22)14(7-11)12(2)20-21-18(25)19-9-13-4-6-16-17(8-13)24-10-23-16/h3-8,22H,9-10H2,1-2H3,(H2,19,21,25)/b20-12+. The van der Waals surface area contributed by atoms with Crippen molar-refractivity contribution >= 4 is 23.0 Å². The zero-order chi connectivity index (χ0) is 17.8. The molecule has 2 aromatic rings. The van der Waals surface area contributed by atoms with Crippen LogP contribution in [0.4, 0.5) is 0 Å². The van der Waals surface area contributed by atoms with Crippen LogP contribution < -0.4 is 20.2 Å². The molecule has 0 unspecified atom stereocenters. The number of aromatic hydroxyl groups is 1. The molecule has 0 amide bonds. The van der Waals surface area contributed by atoms with Gasteiger partial charge in [-0.25, -0.2) is 0 Å². The van der Waals surface area contributed by atoms with Crippen molar-refractivity contribution < 1.29 is 14.6 Å². The van der Waals surface area contributed by atoms with Gasteiger partial charge in [0.15, 0.2) is 16.6 Å². The molecule has 1 heterocycles. The number of hydrogen-bond acceptors (Lipinski definition) is 5. The summed E-state index contributed by atoms with van der Waals surface area (Å²) in [4.78, 5) is 0. The normalized spacial score (nSPS) is 12.8. The Kier molecular flexibility index (Phi) is 5.04. The van der Waals surface area contributed by atoms with Gasteiger partial charge in [-0.3, -0.25) is 5.43 Å². The third-order valence-corrected chi connectivity index (χ3v) is 3.99. The number of thiocarbonyl (C=S) groups is 1. The molecule has 3 N–H and O–H groups in total. The van der Waals surface area contributed by atoms with Gasteiger partial charge in [0, 0.05) is 12.1 Å². The fraction of sp³-hybridized carbons (Fsp3) is 0.222. The number of phenolic OH excluding ortho intramolecular Hbond substituents is 1. The van der Waals surface area contributed by atoms with Crippen LogP contribution in [0.3, 0.4) is 0 Å². The quantitative estimate of drug-likeness (QED) is 0.444. The van der Waals surface area contributed by atoms with E-state index < -0.39 is 0 Å². The molecular weight excluding hydrogens is 338 g/mol. The van der Waals surface area contributed by atoms with Crippen LogP contribution >= 0.6 is 12.2 Å². The molecule has 0 atom stereocenters. The van der Waals surface area contributed by atoms with Crippen LogP contribution in [0.2, 0.25) is 0 Å². The van der Waals surface area contributed by atoms with Gasteiger partial charge in [0.1, 0.15) is 5.75 Å². The van der Waals surface area contributed by atoms with Crippen LogP contribution in [0.15, 0.2) is 41.5 Å². The number of ether oxygens (including phenoxy) is 2. The van der Waals surface area contributed by atoms with Crippen molar-refractivity contribution in [3.8, 4) is 17.2 Å². The predicted octanol–water partition coefficient (Wildman–Crippen LogP) is 2.82. The van der Waals surface area contributed by atoms with E-state index in [1.165, 1.54) is 0 Å². The molecule has 0 radical (unpaired) electrons. The topological polar surface area (TPSA) is 75.1 Å². The molecule has 130 valence electrons. The van der Waals surface area contributed by atoms with E-state index in [9.17, 15) is 5.11 Å².